The van der Waals surface area contributed by atoms with Crippen LogP contribution in [0.1, 0.15) is 59.4 Å². The second kappa shape index (κ2) is 6.68. The predicted molar refractivity (Wildman–Crippen MR) is 86.3 cm³/mol. The maximum absolute atomic E-state index is 12.2. The molecule has 3 rings (SSSR count). The average molecular weight is 330 g/mol. The maximum atomic E-state index is 12.2. The number of hydrogen-bond acceptors (Lipinski definition) is 6. The van der Waals surface area contributed by atoms with Crippen LogP contribution in [-0.4, -0.2) is 27.6 Å². The van der Waals surface area contributed by atoms with E-state index in [1.54, 1.807) is 26.2 Å². The van der Waals surface area contributed by atoms with Crippen molar-refractivity contribution in [3.8, 4) is 0 Å². The van der Waals surface area contributed by atoms with Crippen LogP contribution in [0.15, 0.2) is 16.9 Å². The smallest absolute Gasteiger partial charge is 0.257 e. The summed E-state index contributed by atoms with van der Waals surface area (Å²) in [5.41, 5.74) is 1.49. The minimum Gasteiger partial charge on any atom is -0.367 e. The number of carbonyl (C=O) groups excluding carboxylic acids is 1. The molecule has 0 saturated carbocycles. The Kier molecular flexibility index (Phi) is 4.62. The van der Waals surface area contributed by atoms with E-state index in [0.29, 0.717) is 29.4 Å². The molecule has 0 aromatic carbocycles. The van der Waals surface area contributed by atoms with E-state index in [1.807, 2.05) is 6.92 Å². The summed E-state index contributed by atoms with van der Waals surface area (Å²) in [5.74, 6) is 1.000. The molecule has 1 aliphatic rings. The van der Waals surface area contributed by atoms with E-state index >= 15 is 0 Å². The molecule has 3 heterocycles. The number of rotatable bonds is 4. The zero-order valence-corrected chi connectivity index (χ0v) is 14.3. The van der Waals surface area contributed by atoms with Crippen molar-refractivity contribution in [1.82, 2.24) is 20.4 Å². The van der Waals surface area contributed by atoms with Gasteiger partial charge >= 0.3 is 0 Å². The van der Waals surface area contributed by atoms with Gasteiger partial charge in [-0.1, -0.05) is 5.16 Å². The molecule has 1 saturated heterocycles. The molecular formula is C17H22N4O3. The predicted octanol–water partition coefficient (Wildman–Crippen LogP) is 2.43. The summed E-state index contributed by atoms with van der Waals surface area (Å²) in [6, 6.07) is 0. The lowest BCUT2D eigenvalue weighted by Crippen LogP contribution is -2.32. The third-order valence-electron chi connectivity index (χ3n) is 4.36. The van der Waals surface area contributed by atoms with Gasteiger partial charge in [-0.3, -0.25) is 4.79 Å². The van der Waals surface area contributed by atoms with Gasteiger partial charge in [0.1, 0.15) is 16.9 Å². The Hall–Kier alpha value is -2.28. The first kappa shape index (κ1) is 16.6. The largest absolute Gasteiger partial charge is 0.367 e. The summed E-state index contributed by atoms with van der Waals surface area (Å²) >= 11 is 0. The van der Waals surface area contributed by atoms with E-state index in [2.05, 4.69) is 20.4 Å². The van der Waals surface area contributed by atoms with Gasteiger partial charge in [-0.15, -0.1) is 0 Å². The number of carbonyl (C=O) groups is 1. The van der Waals surface area contributed by atoms with Crippen molar-refractivity contribution in [2.75, 3.05) is 6.61 Å². The van der Waals surface area contributed by atoms with Crippen molar-refractivity contribution >= 4 is 5.91 Å². The molecule has 0 radical (unpaired) electrons. The summed E-state index contributed by atoms with van der Waals surface area (Å²) in [7, 11) is 0. The highest BCUT2D eigenvalue weighted by molar-refractivity contribution is 5.95. The fourth-order valence-electron chi connectivity index (χ4n) is 2.91. The minimum absolute atomic E-state index is 0.210. The Morgan fingerprint density at radius 3 is 2.62 bits per heavy atom. The number of nitrogens with one attached hydrogen (secondary N) is 1. The van der Waals surface area contributed by atoms with E-state index in [1.165, 1.54) is 0 Å². The van der Waals surface area contributed by atoms with Crippen molar-refractivity contribution in [1.29, 1.82) is 0 Å². The van der Waals surface area contributed by atoms with Crippen LogP contribution in [0.4, 0.5) is 0 Å². The van der Waals surface area contributed by atoms with Crippen LogP contribution >= 0.6 is 0 Å². The molecule has 0 aliphatic carbocycles. The summed E-state index contributed by atoms with van der Waals surface area (Å²) in [5, 5.41) is 6.63. The van der Waals surface area contributed by atoms with Crippen molar-refractivity contribution in [3.05, 3.63) is 40.8 Å². The van der Waals surface area contributed by atoms with Gasteiger partial charge in [-0.2, -0.15) is 0 Å². The zero-order valence-electron chi connectivity index (χ0n) is 14.3. The molecule has 2 aromatic rings. The molecule has 0 spiro atoms. The van der Waals surface area contributed by atoms with Crippen LogP contribution in [-0.2, 0) is 16.9 Å². The first-order valence-corrected chi connectivity index (χ1v) is 8.16. The maximum Gasteiger partial charge on any atom is 0.257 e. The van der Waals surface area contributed by atoms with Crippen LogP contribution in [0.3, 0.4) is 0 Å². The number of hydrogen-bond donors (Lipinski definition) is 1. The molecule has 1 aliphatic heterocycles. The Bertz CT molecular complexity index is 698. The quantitative estimate of drug-likeness (QED) is 0.926. The Morgan fingerprint density at radius 2 is 2.04 bits per heavy atom. The fourth-order valence-corrected chi connectivity index (χ4v) is 2.91. The molecule has 0 unspecified atom stereocenters. The number of nitrogens with zero attached hydrogens (tertiary/aromatic N) is 3. The van der Waals surface area contributed by atoms with Gasteiger partial charge in [0.05, 0.1) is 5.69 Å². The molecule has 1 atom stereocenters. The molecule has 7 nitrogen and oxygen atoms in total. The molecular weight excluding hydrogens is 308 g/mol. The standard InChI is InChI=1S/C17H22N4O3/c1-11-14(12(2)24-21-11)15(22)18-8-13-9-19-16(20-10-13)17(3)6-4-5-7-23-17/h9-10H,4-8H2,1-3H3,(H,18,22)/t17-/m1/s1. The van der Waals surface area contributed by atoms with Gasteiger partial charge < -0.3 is 14.6 Å². The van der Waals surface area contributed by atoms with Crippen LogP contribution < -0.4 is 5.32 Å². The van der Waals surface area contributed by atoms with E-state index in [9.17, 15) is 4.79 Å². The number of amides is 1. The Labute approximate surface area is 140 Å². The lowest BCUT2D eigenvalue weighted by molar-refractivity contribution is -0.0760. The first-order chi connectivity index (χ1) is 11.5. The third kappa shape index (κ3) is 3.31. The Balaban J connectivity index is 1.63. The lowest BCUT2D eigenvalue weighted by Gasteiger charge is -2.32. The van der Waals surface area contributed by atoms with Crippen LogP contribution in [0.2, 0.25) is 0 Å². The molecule has 128 valence electrons. The number of aryl methyl sites for hydroxylation is 2. The van der Waals surface area contributed by atoms with Gasteiger partial charge in [0, 0.05) is 31.1 Å². The van der Waals surface area contributed by atoms with E-state index in [0.717, 1.165) is 31.4 Å². The fraction of sp³-hybridized carbons (Fsp3) is 0.529. The average Bonchev–Trinajstić information content (AvgIpc) is 2.92. The van der Waals surface area contributed by atoms with E-state index in [4.69, 9.17) is 9.26 Å². The molecule has 1 fully saturated rings. The van der Waals surface area contributed by atoms with Crippen molar-refractivity contribution in [3.63, 3.8) is 0 Å². The van der Waals surface area contributed by atoms with Crippen LogP contribution in [0.25, 0.3) is 0 Å². The van der Waals surface area contributed by atoms with Crippen LogP contribution in [0, 0.1) is 13.8 Å². The molecule has 1 amide bonds. The molecule has 24 heavy (non-hydrogen) atoms. The van der Waals surface area contributed by atoms with Gasteiger partial charge in [0.2, 0.25) is 0 Å². The highest BCUT2D eigenvalue weighted by Gasteiger charge is 2.32. The lowest BCUT2D eigenvalue weighted by atomic mass is 9.95. The SMILES string of the molecule is Cc1noc(C)c1C(=O)NCc1cnc([C@@]2(C)CCCCO2)nc1. The van der Waals surface area contributed by atoms with E-state index < -0.39 is 5.60 Å². The third-order valence-corrected chi connectivity index (χ3v) is 4.36. The summed E-state index contributed by atoms with van der Waals surface area (Å²) in [4.78, 5) is 21.1. The van der Waals surface area contributed by atoms with Crippen molar-refractivity contribution in [2.45, 2.75) is 52.2 Å². The van der Waals surface area contributed by atoms with Gasteiger partial charge in [0.25, 0.3) is 5.91 Å². The van der Waals surface area contributed by atoms with Gasteiger partial charge in [-0.05, 0) is 40.0 Å². The minimum atomic E-state index is -0.406. The number of ether oxygens (including phenoxy) is 1. The first-order valence-electron chi connectivity index (χ1n) is 8.16. The summed E-state index contributed by atoms with van der Waals surface area (Å²) in [6.45, 7) is 6.59. The highest BCUT2D eigenvalue weighted by Crippen LogP contribution is 2.32. The van der Waals surface area contributed by atoms with Crippen molar-refractivity contribution < 1.29 is 14.1 Å². The summed E-state index contributed by atoms with van der Waals surface area (Å²) < 4.78 is 10.9. The normalized spacial score (nSPS) is 20.8. The molecule has 2 aromatic heterocycles. The van der Waals surface area contributed by atoms with E-state index in [-0.39, 0.29) is 5.91 Å². The monoisotopic (exact) mass is 330 g/mol. The number of aromatic nitrogens is 3. The molecule has 1 N–H and O–H groups in total. The van der Waals surface area contributed by atoms with Crippen LogP contribution in [0.5, 0.6) is 0 Å². The van der Waals surface area contributed by atoms with Gasteiger partial charge in [-0.25, -0.2) is 9.97 Å². The topological polar surface area (TPSA) is 90.1 Å². The second-order valence-corrected chi connectivity index (χ2v) is 6.33. The Morgan fingerprint density at radius 1 is 1.29 bits per heavy atom. The summed E-state index contributed by atoms with van der Waals surface area (Å²) in [6.07, 6.45) is 6.60. The molecule has 0 bridgehead atoms. The van der Waals surface area contributed by atoms with Gasteiger partial charge in [0.15, 0.2) is 5.82 Å². The zero-order chi connectivity index (χ0) is 17.2. The molecule has 7 heteroatoms. The highest BCUT2D eigenvalue weighted by atomic mass is 16.5. The van der Waals surface area contributed by atoms with Crippen molar-refractivity contribution in [2.24, 2.45) is 0 Å². The second-order valence-electron chi connectivity index (χ2n) is 6.33.